The van der Waals surface area contributed by atoms with Crippen LogP contribution in [0.5, 0.6) is 0 Å². The Morgan fingerprint density at radius 2 is 1.93 bits per heavy atom. The Bertz CT molecular complexity index is 1790. The summed E-state index contributed by atoms with van der Waals surface area (Å²) in [6.07, 6.45) is 5.05. The van der Waals surface area contributed by atoms with Gasteiger partial charge in [0, 0.05) is 49.9 Å². The lowest BCUT2D eigenvalue weighted by molar-refractivity contribution is -0.137. The maximum Gasteiger partial charge on any atom is 0.416 e. The standard InChI is InChI=1S/C32H31F5N6O/c1-4-21-24(33)8-7-18-14-19(32(35,36)37)15-22(25(18)21)27-26(34)28-23(16-39-27)29(42(3)17-20-6-5-11-38-20)41-30(40-28)43-12-9-31(2,44)10-13-43/h1,7-8,14-16,20,38,44H,5-6,9-13,17H2,2-3H3/t20-/m1/s1. The number of terminal acetylenes is 1. The number of benzene rings is 2. The van der Waals surface area contributed by atoms with Crippen molar-refractivity contribution < 1.29 is 27.1 Å². The van der Waals surface area contributed by atoms with Crippen LogP contribution in [0.2, 0.25) is 0 Å². The average molecular weight is 611 g/mol. The Morgan fingerprint density at radius 1 is 1.18 bits per heavy atom. The van der Waals surface area contributed by atoms with Crippen LogP contribution in [0.4, 0.5) is 33.7 Å². The number of fused-ring (bicyclic) bond motifs is 2. The summed E-state index contributed by atoms with van der Waals surface area (Å²) in [5.74, 6) is 1.06. The molecule has 230 valence electrons. The fourth-order valence-electron chi connectivity index (χ4n) is 6.10. The summed E-state index contributed by atoms with van der Waals surface area (Å²) < 4.78 is 73.4. The molecule has 2 fully saturated rings. The molecule has 0 aliphatic carbocycles. The number of nitrogens with one attached hydrogen (secondary N) is 1. The molecule has 2 N–H and O–H groups in total. The van der Waals surface area contributed by atoms with Gasteiger partial charge in [-0.25, -0.2) is 13.8 Å². The van der Waals surface area contributed by atoms with Gasteiger partial charge in [0.25, 0.3) is 0 Å². The van der Waals surface area contributed by atoms with Crippen molar-refractivity contribution in [3.05, 3.63) is 53.2 Å². The molecule has 7 nitrogen and oxygen atoms in total. The third-order valence-corrected chi connectivity index (χ3v) is 8.59. The highest BCUT2D eigenvalue weighted by Gasteiger charge is 2.34. The summed E-state index contributed by atoms with van der Waals surface area (Å²) in [7, 11) is 1.83. The van der Waals surface area contributed by atoms with Crippen LogP contribution >= 0.6 is 0 Å². The number of anilines is 2. The SMILES string of the molecule is C#Cc1c(F)ccc2cc(C(F)(F)F)cc(-c3ncc4c(N(C)C[C@H]5CCCN5)nc(N5CCC(C)(O)CC5)nc4c3F)c12. The van der Waals surface area contributed by atoms with Crippen molar-refractivity contribution in [1.29, 1.82) is 0 Å². The third-order valence-electron chi connectivity index (χ3n) is 8.59. The second-order valence-electron chi connectivity index (χ2n) is 11.9. The van der Waals surface area contributed by atoms with Gasteiger partial charge >= 0.3 is 6.18 Å². The van der Waals surface area contributed by atoms with E-state index in [4.69, 9.17) is 11.4 Å². The highest BCUT2D eigenvalue weighted by atomic mass is 19.4. The number of alkyl halides is 3. The van der Waals surface area contributed by atoms with Gasteiger partial charge in [0.1, 0.15) is 22.8 Å². The summed E-state index contributed by atoms with van der Waals surface area (Å²) in [5, 5.41) is 14.1. The number of likely N-dealkylation sites (N-methyl/N-ethyl adjacent to an activating group) is 1. The first kappa shape index (κ1) is 30.0. The highest BCUT2D eigenvalue weighted by molar-refractivity contribution is 6.02. The lowest BCUT2D eigenvalue weighted by Crippen LogP contribution is -2.43. The van der Waals surface area contributed by atoms with E-state index in [1.807, 2.05) is 16.8 Å². The molecule has 1 atom stereocenters. The maximum absolute atomic E-state index is 16.7. The molecule has 0 unspecified atom stereocenters. The summed E-state index contributed by atoms with van der Waals surface area (Å²) in [6, 6.07) is 3.96. The molecule has 2 saturated heterocycles. The first-order valence-electron chi connectivity index (χ1n) is 14.4. The lowest BCUT2D eigenvalue weighted by Gasteiger charge is -2.36. The number of aliphatic hydroxyl groups is 1. The van der Waals surface area contributed by atoms with Gasteiger partial charge in [-0.15, -0.1) is 6.42 Å². The van der Waals surface area contributed by atoms with Crippen molar-refractivity contribution in [3.8, 4) is 23.6 Å². The van der Waals surface area contributed by atoms with Crippen molar-refractivity contribution in [1.82, 2.24) is 20.3 Å². The summed E-state index contributed by atoms with van der Waals surface area (Å²) in [5.41, 5.74) is -3.06. The first-order valence-corrected chi connectivity index (χ1v) is 14.4. The molecule has 2 aliphatic heterocycles. The molecule has 2 aromatic heterocycles. The minimum atomic E-state index is -4.77. The fourth-order valence-corrected chi connectivity index (χ4v) is 6.10. The molecule has 0 radical (unpaired) electrons. The van der Waals surface area contributed by atoms with E-state index in [2.05, 4.69) is 21.2 Å². The lowest BCUT2D eigenvalue weighted by atomic mass is 9.93. The topological polar surface area (TPSA) is 77.4 Å². The van der Waals surface area contributed by atoms with Crippen molar-refractivity contribution >= 4 is 33.4 Å². The zero-order valence-corrected chi connectivity index (χ0v) is 24.3. The minimum absolute atomic E-state index is 0.00120. The molecule has 44 heavy (non-hydrogen) atoms. The van der Waals surface area contributed by atoms with Crippen LogP contribution in [-0.2, 0) is 6.18 Å². The number of hydrogen-bond donors (Lipinski definition) is 2. The molecule has 4 aromatic rings. The van der Waals surface area contributed by atoms with Crippen molar-refractivity contribution in [2.45, 2.75) is 50.4 Å². The Hall–Kier alpha value is -4.08. The largest absolute Gasteiger partial charge is 0.416 e. The van der Waals surface area contributed by atoms with Gasteiger partial charge in [-0.2, -0.15) is 18.2 Å². The van der Waals surface area contributed by atoms with Crippen LogP contribution < -0.4 is 15.1 Å². The average Bonchev–Trinajstić information content (AvgIpc) is 3.49. The number of hydrogen-bond acceptors (Lipinski definition) is 7. The van der Waals surface area contributed by atoms with Gasteiger partial charge in [-0.05, 0) is 62.7 Å². The molecule has 12 heteroatoms. The van der Waals surface area contributed by atoms with Gasteiger partial charge in [-0.3, -0.25) is 4.98 Å². The molecule has 6 rings (SSSR count). The molecular weight excluding hydrogens is 579 g/mol. The van der Waals surface area contributed by atoms with E-state index in [9.17, 15) is 22.7 Å². The van der Waals surface area contributed by atoms with Crippen molar-refractivity contribution in [3.63, 3.8) is 0 Å². The molecule has 0 spiro atoms. The van der Waals surface area contributed by atoms with E-state index in [1.54, 1.807) is 6.92 Å². The molecule has 4 heterocycles. The Kier molecular flexibility index (Phi) is 7.58. The molecule has 2 aliphatic rings. The molecule has 0 bridgehead atoms. The van der Waals surface area contributed by atoms with Gasteiger partial charge in [0.2, 0.25) is 5.95 Å². The number of nitrogens with zero attached hydrogens (tertiary/aromatic N) is 5. The number of halogens is 5. The maximum atomic E-state index is 16.7. The van der Waals surface area contributed by atoms with E-state index < -0.39 is 34.7 Å². The summed E-state index contributed by atoms with van der Waals surface area (Å²) in [4.78, 5) is 17.4. The number of aromatic nitrogens is 3. The summed E-state index contributed by atoms with van der Waals surface area (Å²) in [6.45, 7) is 4.08. The quantitative estimate of drug-likeness (QED) is 0.223. The Morgan fingerprint density at radius 3 is 2.59 bits per heavy atom. The number of pyridine rings is 1. The fraction of sp³-hybridized carbons (Fsp3) is 0.406. The predicted octanol–water partition coefficient (Wildman–Crippen LogP) is 5.66. The van der Waals surface area contributed by atoms with E-state index in [0.717, 1.165) is 37.6 Å². The second-order valence-corrected chi connectivity index (χ2v) is 11.9. The number of piperidine rings is 1. The smallest absolute Gasteiger partial charge is 0.390 e. The van der Waals surface area contributed by atoms with Crippen molar-refractivity contribution in [2.24, 2.45) is 0 Å². The Labute approximate surface area is 251 Å². The Balaban J connectivity index is 1.58. The molecule has 0 amide bonds. The zero-order valence-electron chi connectivity index (χ0n) is 24.3. The van der Waals surface area contributed by atoms with Gasteiger partial charge in [-0.1, -0.05) is 12.0 Å². The van der Waals surface area contributed by atoms with E-state index in [0.29, 0.717) is 38.3 Å². The first-order chi connectivity index (χ1) is 20.9. The molecular formula is C32H31F5N6O. The van der Waals surface area contributed by atoms with E-state index >= 15 is 4.39 Å². The normalized spacial score (nSPS) is 18.6. The van der Waals surface area contributed by atoms with Crippen LogP contribution in [-0.4, -0.2) is 64.9 Å². The van der Waals surface area contributed by atoms with Gasteiger partial charge < -0.3 is 20.2 Å². The van der Waals surface area contributed by atoms with Crippen LogP contribution in [0.3, 0.4) is 0 Å². The molecule has 0 saturated carbocycles. The van der Waals surface area contributed by atoms with E-state index in [1.165, 1.54) is 12.3 Å². The zero-order chi connectivity index (χ0) is 31.4. The van der Waals surface area contributed by atoms with Crippen LogP contribution in [0, 0.1) is 24.0 Å². The predicted molar refractivity (Wildman–Crippen MR) is 159 cm³/mol. The van der Waals surface area contributed by atoms with Crippen LogP contribution in [0.25, 0.3) is 32.9 Å². The number of rotatable bonds is 5. The molecule has 2 aromatic carbocycles. The summed E-state index contributed by atoms with van der Waals surface area (Å²) >= 11 is 0. The van der Waals surface area contributed by atoms with Crippen LogP contribution in [0.1, 0.15) is 43.7 Å². The van der Waals surface area contributed by atoms with Gasteiger partial charge in [0.15, 0.2) is 5.82 Å². The third kappa shape index (κ3) is 5.50. The van der Waals surface area contributed by atoms with Crippen molar-refractivity contribution in [2.75, 3.05) is 43.0 Å². The monoisotopic (exact) mass is 610 g/mol. The van der Waals surface area contributed by atoms with E-state index in [-0.39, 0.29) is 44.8 Å². The second kappa shape index (κ2) is 11.1. The minimum Gasteiger partial charge on any atom is -0.390 e. The van der Waals surface area contributed by atoms with Crippen LogP contribution in [0.15, 0.2) is 30.5 Å². The highest BCUT2D eigenvalue weighted by Crippen LogP contribution is 2.41. The van der Waals surface area contributed by atoms with Gasteiger partial charge in [0.05, 0.1) is 22.1 Å².